The Balaban J connectivity index is 1.70. The normalized spacial score (nSPS) is 19.1. The van der Waals surface area contributed by atoms with Crippen molar-refractivity contribution in [2.24, 2.45) is 0 Å². The van der Waals surface area contributed by atoms with Crippen molar-refractivity contribution in [1.29, 1.82) is 0 Å². The van der Waals surface area contributed by atoms with Crippen LogP contribution in [-0.4, -0.2) is 16.9 Å². The van der Waals surface area contributed by atoms with Gasteiger partial charge in [-0.25, -0.2) is 0 Å². The average Bonchev–Trinajstić information content (AvgIpc) is 2.71. The van der Waals surface area contributed by atoms with Crippen molar-refractivity contribution >= 4 is 11.8 Å². The van der Waals surface area contributed by atoms with Gasteiger partial charge in [-0.15, -0.1) is 5.06 Å². The van der Waals surface area contributed by atoms with Gasteiger partial charge in [0, 0.05) is 11.1 Å². The maximum atomic E-state index is 12.1. The molecule has 1 aromatic carbocycles. The molecule has 0 saturated heterocycles. The zero-order chi connectivity index (χ0) is 13.2. The molecule has 0 fully saturated rings. The molecule has 0 unspecified atom stereocenters. The van der Waals surface area contributed by atoms with Gasteiger partial charge >= 0.3 is 0 Å². The quantitative estimate of drug-likeness (QED) is 0.781. The highest BCUT2D eigenvalue weighted by Gasteiger charge is 2.39. The van der Waals surface area contributed by atoms with Gasteiger partial charge < -0.3 is 0 Å². The van der Waals surface area contributed by atoms with Gasteiger partial charge in [0.2, 0.25) is 0 Å². The molecule has 3 rings (SSSR count). The summed E-state index contributed by atoms with van der Waals surface area (Å²) >= 11 is 0. The average molecular weight is 257 g/mol. The van der Waals surface area contributed by atoms with Gasteiger partial charge in [-0.3, -0.25) is 14.4 Å². The predicted molar refractivity (Wildman–Crippen MR) is 68.6 cm³/mol. The maximum Gasteiger partial charge on any atom is 0.281 e. The van der Waals surface area contributed by atoms with Gasteiger partial charge in [0.25, 0.3) is 11.8 Å². The minimum absolute atomic E-state index is 0.235. The number of rotatable bonds is 3. The van der Waals surface area contributed by atoms with E-state index in [0.717, 1.165) is 23.5 Å². The van der Waals surface area contributed by atoms with Crippen molar-refractivity contribution in [1.82, 2.24) is 5.06 Å². The van der Waals surface area contributed by atoms with Crippen LogP contribution in [0, 0.1) is 0 Å². The highest BCUT2D eigenvalue weighted by atomic mass is 16.7. The number of imide groups is 1. The molecule has 0 N–H and O–H groups in total. The molecule has 1 aliphatic heterocycles. The molecular formula is C15H15NO3. The number of hydrogen-bond donors (Lipinski definition) is 0. The number of benzene rings is 1. The van der Waals surface area contributed by atoms with E-state index in [0.29, 0.717) is 24.0 Å². The van der Waals surface area contributed by atoms with Crippen LogP contribution in [0.4, 0.5) is 0 Å². The highest BCUT2D eigenvalue weighted by Crippen LogP contribution is 2.33. The largest absolute Gasteiger partial charge is 0.281 e. The van der Waals surface area contributed by atoms with Crippen LogP contribution in [0.2, 0.25) is 0 Å². The minimum atomic E-state index is -0.268. The van der Waals surface area contributed by atoms with E-state index in [4.69, 9.17) is 4.84 Å². The minimum Gasteiger partial charge on any atom is -0.267 e. The first-order valence-corrected chi connectivity index (χ1v) is 6.55. The molecule has 0 spiro atoms. The first kappa shape index (κ1) is 12.1. The maximum absolute atomic E-state index is 12.1. The fourth-order valence-electron chi connectivity index (χ4n) is 2.55. The number of hydroxylamine groups is 2. The van der Waals surface area contributed by atoms with Crippen LogP contribution in [-0.2, 0) is 21.0 Å². The lowest BCUT2D eigenvalue weighted by atomic mass is 9.93. The number of carbonyl (C=O) groups excluding carboxylic acids is 2. The first-order valence-electron chi connectivity index (χ1n) is 6.55. The Kier molecular flexibility index (Phi) is 3.17. The number of carbonyl (C=O) groups is 2. The van der Waals surface area contributed by atoms with E-state index in [1.165, 1.54) is 0 Å². The van der Waals surface area contributed by atoms with E-state index in [2.05, 4.69) is 0 Å². The first-order chi connectivity index (χ1) is 9.27. The third-order valence-corrected chi connectivity index (χ3v) is 3.56. The SMILES string of the molecule is O=C1C2=C(CCCC2)C(=O)N1OCc1ccccc1. The lowest BCUT2D eigenvalue weighted by molar-refractivity contribution is -0.190. The molecule has 2 aliphatic rings. The molecule has 0 bridgehead atoms. The summed E-state index contributed by atoms with van der Waals surface area (Å²) in [6.45, 7) is 0.235. The molecule has 0 saturated carbocycles. The van der Waals surface area contributed by atoms with E-state index in [9.17, 15) is 9.59 Å². The van der Waals surface area contributed by atoms with Crippen LogP contribution in [0.25, 0.3) is 0 Å². The third kappa shape index (κ3) is 2.19. The molecule has 1 aromatic rings. The van der Waals surface area contributed by atoms with Crippen molar-refractivity contribution in [2.45, 2.75) is 32.3 Å². The molecule has 1 aliphatic carbocycles. The van der Waals surface area contributed by atoms with E-state index in [-0.39, 0.29) is 18.4 Å². The van der Waals surface area contributed by atoms with Crippen LogP contribution in [0.1, 0.15) is 31.2 Å². The second kappa shape index (κ2) is 4.97. The van der Waals surface area contributed by atoms with Crippen LogP contribution >= 0.6 is 0 Å². The Labute approximate surface area is 111 Å². The topological polar surface area (TPSA) is 46.6 Å². The summed E-state index contributed by atoms with van der Waals surface area (Å²) in [7, 11) is 0. The molecular weight excluding hydrogens is 242 g/mol. The monoisotopic (exact) mass is 257 g/mol. The van der Waals surface area contributed by atoms with Crippen LogP contribution in [0.15, 0.2) is 41.5 Å². The zero-order valence-electron chi connectivity index (χ0n) is 10.6. The Morgan fingerprint density at radius 1 is 0.947 bits per heavy atom. The summed E-state index contributed by atoms with van der Waals surface area (Å²) < 4.78 is 0. The Morgan fingerprint density at radius 3 is 2.11 bits per heavy atom. The summed E-state index contributed by atoms with van der Waals surface area (Å²) in [6.07, 6.45) is 3.35. The van der Waals surface area contributed by atoms with E-state index >= 15 is 0 Å². The summed E-state index contributed by atoms with van der Waals surface area (Å²) in [5.41, 5.74) is 2.25. The summed E-state index contributed by atoms with van der Waals surface area (Å²) in [5.74, 6) is -0.536. The van der Waals surface area contributed by atoms with Gasteiger partial charge in [0.1, 0.15) is 6.61 Å². The summed E-state index contributed by atoms with van der Waals surface area (Å²) in [4.78, 5) is 29.6. The third-order valence-electron chi connectivity index (χ3n) is 3.56. The molecule has 4 nitrogen and oxygen atoms in total. The van der Waals surface area contributed by atoms with Gasteiger partial charge in [-0.1, -0.05) is 30.3 Å². The van der Waals surface area contributed by atoms with E-state index in [1.54, 1.807) is 0 Å². The Bertz CT molecular complexity index is 520. The van der Waals surface area contributed by atoms with E-state index < -0.39 is 0 Å². The second-order valence-electron chi connectivity index (χ2n) is 4.83. The number of amides is 2. The number of hydrogen-bond acceptors (Lipinski definition) is 3. The fraction of sp³-hybridized carbons (Fsp3) is 0.333. The van der Waals surface area contributed by atoms with Crippen molar-refractivity contribution in [3.8, 4) is 0 Å². The lowest BCUT2D eigenvalue weighted by Crippen LogP contribution is -2.31. The number of nitrogens with zero attached hydrogens (tertiary/aromatic N) is 1. The van der Waals surface area contributed by atoms with Crippen LogP contribution in [0.5, 0.6) is 0 Å². The van der Waals surface area contributed by atoms with Crippen molar-refractivity contribution in [3.05, 3.63) is 47.0 Å². The van der Waals surface area contributed by atoms with Crippen molar-refractivity contribution in [3.63, 3.8) is 0 Å². The highest BCUT2D eigenvalue weighted by molar-refractivity contribution is 6.18. The molecule has 0 radical (unpaired) electrons. The Hall–Kier alpha value is -1.94. The summed E-state index contributed by atoms with van der Waals surface area (Å²) in [6, 6.07) is 9.51. The van der Waals surface area contributed by atoms with E-state index in [1.807, 2.05) is 30.3 Å². The van der Waals surface area contributed by atoms with Crippen molar-refractivity contribution in [2.75, 3.05) is 0 Å². The fourth-order valence-corrected chi connectivity index (χ4v) is 2.55. The van der Waals surface area contributed by atoms with Crippen LogP contribution < -0.4 is 0 Å². The molecule has 2 amide bonds. The van der Waals surface area contributed by atoms with Gasteiger partial charge in [0.05, 0.1) is 0 Å². The molecule has 1 heterocycles. The van der Waals surface area contributed by atoms with Gasteiger partial charge in [0.15, 0.2) is 0 Å². The van der Waals surface area contributed by atoms with Gasteiger partial charge in [-0.05, 0) is 31.2 Å². The predicted octanol–water partition coefficient (Wildman–Crippen LogP) is 2.36. The zero-order valence-corrected chi connectivity index (χ0v) is 10.6. The standard InChI is InChI=1S/C15H15NO3/c17-14-12-8-4-5-9-13(12)15(18)16(14)19-10-11-6-2-1-3-7-11/h1-3,6-7H,4-5,8-10H2. The molecule has 19 heavy (non-hydrogen) atoms. The van der Waals surface area contributed by atoms with Gasteiger partial charge in [-0.2, -0.15) is 0 Å². The molecule has 0 atom stereocenters. The Morgan fingerprint density at radius 2 is 1.53 bits per heavy atom. The molecule has 0 aromatic heterocycles. The van der Waals surface area contributed by atoms with Crippen molar-refractivity contribution < 1.29 is 14.4 Å². The second-order valence-corrected chi connectivity index (χ2v) is 4.83. The lowest BCUT2D eigenvalue weighted by Gasteiger charge is -2.14. The molecule has 4 heteroatoms. The van der Waals surface area contributed by atoms with Crippen LogP contribution in [0.3, 0.4) is 0 Å². The summed E-state index contributed by atoms with van der Waals surface area (Å²) in [5, 5.41) is 0.934. The molecule has 98 valence electrons. The smallest absolute Gasteiger partial charge is 0.267 e.